The lowest BCUT2D eigenvalue weighted by molar-refractivity contribution is -0.199. The summed E-state index contributed by atoms with van der Waals surface area (Å²) in [6.45, 7) is 13.7. The lowest BCUT2D eigenvalue weighted by Crippen LogP contribution is -2.51. The number of carbonyl (C=O) groups excluding carboxylic acids is 1. The third kappa shape index (κ3) is 5.12. The van der Waals surface area contributed by atoms with Crippen LogP contribution in [0.25, 0.3) is 0 Å². The highest BCUT2D eigenvalue weighted by Crippen LogP contribution is 2.66. The molecule has 0 N–H and O–H groups in total. The highest BCUT2D eigenvalue weighted by atomic mass is 16.7. The molecule has 0 aromatic heterocycles. The summed E-state index contributed by atoms with van der Waals surface area (Å²) >= 11 is 0. The second kappa shape index (κ2) is 11.1. The van der Waals surface area contributed by atoms with Crippen molar-refractivity contribution < 1.29 is 23.8 Å². The summed E-state index contributed by atoms with van der Waals surface area (Å²) in [4.78, 5) is 16.7. The first kappa shape index (κ1) is 27.9. The fraction of sp³-hybridized carbons (Fsp3) is 0.812. The maximum absolute atomic E-state index is 11.3. The van der Waals surface area contributed by atoms with Crippen molar-refractivity contribution >= 4 is 11.7 Å². The predicted octanol–water partition coefficient (Wildman–Crippen LogP) is 6.84. The molecule has 0 saturated heterocycles. The van der Waals surface area contributed by atoms with Gasteiger partial charge in [0.15, 0.2) is 6.29 Å². The molecule has 5 rings (SSSR count). The molecular formula is C32H49NO5. The van der Waals surface area contributed by atoms with Gasteiger partial charge in [-0.15, -0.1) is 0 Å². The number of rotatable bonds is 7. The minimum absolute atomic E-state index is 0.161. The molecule has 4 unspecified atom stereocenters. The number of esters is 1. The van der Waals surface area contributed by atoms with Crippen LogP contribution >= 0.6 is 0 Å². The molecule has 1 heterocycles. The number of allylic oxidation sites excluding steroid dienone is 1. The fourth-order valence-electron chi connectivity index (χ4n) is 9.05. The van der Waals surface area contributed by atoms with Gasteiger partial charge in [0.25, 0.3) is 0 Å². The van der Waals surface area contributed by atoms with Crippen LogP contribution in [0, 0.1) is 40.4 Å². The third-order valence-corrected chi connectivity index (χ3v) is 11.1. The minimum atomic E-state index is -0.370. The molecular weight excluding hydrogens is 478 g/mol. The molecule has 10 atom stereocenters. The Bertz CT molecular complexity index is 973. The van der Waals surface area contributed by atoms with Gasteiger partial charge in [0, 0.05) is 18.8 Å². The average molecular weight is 528 g/mol. The number of ether oxygens (including phenoxy) is 3. The predicted molar refractivity (Wildman–Crippen MR) is 148 cm³/mol. The van der Waals surface area contributed by atoms with E-state index in [9.17, 15) is 4.79 Å². The summed E-state index contributed by atoms with van der Waals surface area (Å²) in [6, 6.07) is 0. The molecule has 6 nitrogen and oxygen atoms in total. The molecule has 3 saturated carbocycles. The van der Waals surface area contributed by atoms with E-state index in [0.717, 1.165) is 30.6 Å². The molecule has 1 aliphatic heterocycles. The van der Waals surface area contributed by atoms with Crippen LogP contribution in [0.4, 0.5) is 0 Å². The summed E-state index contributed by atoms with van der Waals surface area (Å²) in [5.41, 5.74) is 3.45. The Labute approximate surface area is 229 Å². The highest BCUT2D eigenvalue weighted by molar-refractivity contribution is 5.85. The zero-order valence-corrected chi connectivity index (χ0v) is 24.4. The molecule has 3 fully saturated rings. The monoisotopic (exact) mass is 527 g/mol. The molecule has 0 radical (unpaired) electrons. The van der Waals surface area contributed by atoms with Crippen LogP contribution in [0.15, 0.2) is 29.0 Å². The molecule has 5 aliphatic rings. The largest absolute Gasteiger partial charge is 0.463 e. The van der Waals surface area contributed by atoms with Crippen LogP contribution in [-0.4, -0.2) is 43.4 Å². The van der Waals surface area contributed by atoms with Crippen LogP contribution in [0.5, 0.6) is 0 Å². The average Bonchev–Trinajstić information content (AvgIpc) is 3.25. The van der Waals surface area contributed by atoms with Gasteiger partial charge in [-0.25, -0.2) is 0 Å². The molecule has 212 valence electrons. The zero-order chi connectivity index (χ0) is 27.1. The van der Waals surface area contributed by atoms with Crippen molar-refractivity contribution in [1.82, 2.24) is 0 Å². The Morgan fingerprint density at radius 3 is 2.68 bits per heavy atom. The van der Waals surface area contributed by atoms with E-state index >= 15 is 0 Å². The summed E-state index contributed by atoms with van der Waals surface area (Å²) in [7, 11) is 0. The second-order valence-electron chi connectivity index (χ2n) is 13.2. The van der Waals surface area contributed by atoms with Crippen LogP contribution in [0.2, 0.25) is 0 Å². The Morgan fingerprint density at radius 1 is 1.11 bits per heavy atom. The van der Waals surface area contributed by atoms with Gasteiger partial charge in [-0.05, 0) is 99.9 Å². The van der Waals surface area contributed by atoms with Crippen molar-refractivity contribution in [2.24, 2.45) is 45.6 Å². The number of hydrogen-bond donors (Lipinski definition) is 0. The lowest BCUT2D eigenvalue weighted by Gasteiger charge is -2.58. The molecule has 0 spiro atoms. The van der Waals surface area contributed by atoms with Crippen molar-refractivity contribution in [2.75, 3.05) is 13.2 Å². The van der Waals surface area contributed by atoms with Gasteiger partial charge < -0.3 is 19.0 Å². The summed E-state index contributed by atoms with van der Waals surface area (Å²) < 4.78 is 17.9. The van der Waals surface area contributed by atoms with Crippen molar-refractivity contribution in [3.8, 4) is 0 Å². The second-order valence-corrected chi connectivity index (χ2v) is 13.2. The lowest BCUT2D eigenvalue weighted by atomic mass is 9.47. The number of hydrogen-bond acceptors (Lipinski definition) is 6. The number of fused-ring (bicyclic) bond motifs is 5. The normalized spacial score (nSPS) is 44.5. The highest BCUT2D eigenvalue weighted by Gasteiger charge is 2.59. The van der Waals surface area contributed by atoms with Gasteiger partial charge in [-0.3, -0.25) is 4.79 Å². The van der Waals surface area contributed by atoms with Gasteiger partial charge in [0.1, 0.15) is 19.3 Å². The smallest absolute Gasteiger partial charge is 0.302 e. The first-order chi connectivity index (χ1) is 18.2. The van der Waals surface area contributed by atoms with Gasteiger partial charge >= 0.3 is 5.97 Å². The number of oxime groups is 1. The summed E-state index contributed by atoms with van der Waals surface area (Å²) in [5.74, 6) is 2.80. The van der Waals surface area contributed by atoms with Crippen LogP contribution in [0.1, 0.15) is 92.9 Å². The van der Waals surface area contributed by atoms with E-state index in [2.05, 4.69) is 45.0 Å². The van der Waals surface area contributed by atoms with E-state index in [4.69, 9.17) is 19.0 Å². The number of carbonyl (C=O) groups is 1. The summed E-state index contributed by atoms with van der Waals surface area (Å²) in [5, 5.41) is 4.48. The van der Waals surface area contributed by atoms with E-state index in [0.29, 0.717) is 17.9 Å². The van der Waals surface area contributed by atoms with Crippen LogP contribution in [0.3, 0.4) is 0 Å². The minimum Gasteiger partial charge on any atom is -0.463 e. The molecule has 0 bridgehead atoms. The maximum Gasteiger partial charge on any atom is 0.302 e. The topological polar surface area (TPSA) is 66.3 Å². The molecule has 6 heteroatoms. The van der Waals surface area contributed by atoms with E-state index in [1.807, 2.05) is 13.0 Å². The molecule has 0 amide bonds. The van der Waals surface area contributed by atoms with Crippen molar-refractivity contribution in [3.63, 3.8) is 0 Å². The van der Waals surface area contributed by atoms with E-state index in [1.54, 1.807) is 5.57 Å². The van der Waals surface area contributed by atoms with E-state index < -0.39 is 0 Å². The van der Waals surface area contributed by atoms with Crippen LogP contribution < -0.4 is 0 Å². The molecule has 4 aliphatic carbocycles. The van der Waals surface area contributed by atoms with Crippen molar-refractivity contribution in [3.05, 3.63) is 23.8 Å². The number of nitrogens with zero attached hydrogens (tertiary/aromatic N) is 1. The Hall–Kier alpha value is -1.66. The van der Waals surface area contributed by atoms with Crippen LogP contribution in [-0.2, 0) is 23.8 Å². The first-order valence-electron chi connectivity index (χ1n) is 15.1. The third-order valence-electron chi connectivity index (χ3n) is 11.1. The fourth-order valence-corrected chi connectivity index (χ4v) is 9.05. The quantitative estimate of drug-likeness (QED) is 0.157. The standard InChI is InChI=1S/C32H49NO5/c1-7-36-33-21(3)26-11-12-27-25-10-9-23-18-24(14-16-31(23,5)28(25)15-17-32(26,27)6)37-30-13-8-20(2)29(38-30)19-35-22(4)34/h8-9,13,20,24-30H,7,10-12,14-19H2,1-6H3/b33-21+/t20-,24-,25?,26+,27?,28?,29+,30?,31-,32+/m0/s1. The van der Waals surface area contributed by atoms with Gasteiger partial charge in [-0.1, -0.05) is 43.7 Å². The summed E-state index contributed by atoms with van der Waals surface area (Å²) in [6.07, 6.45) is 16.1. The van der Waals surface area contributed by atoms with Gasteiger partial charge in [-0.2, -0.15) is 0 Å². The SMILES string of the molecule is CCO/N=C(\C)[C@H]1CCC2C3CC=C4C[C@@H](OC5C=C[C@H](C)[C@@H](COC(C)=O)O5)CC[C@]4(C)C3CC[C@@]21C. The van der Waals surface area contributed by atoms with Gasteiger partial charge in [0.05, 0.1) is 11.8 Å². The van der Waals surface area contributed by atoms with Crippen molar-refractivity contribution in [2.45, 2.75) is 111 Å². The molecule has 0 aromatic carbocycles. The van der Waals surface area contributed by atoms with E-state index in [-0.39, 0.29) is 42.4 Å². The van der Waals surface area contributed by atoms with Crippen molar-refractivity contribution in [1.29, 1.82) is 0 Å². The zero-order valence-electron chi connectivity index (χ0n) is 24.4. The Morgan fingerprint density at radius 2 is 1.92 bits per heavy atom. The first-order valence-corrected chi connectivity index (χ1v) is 15.1. The molecule has 0 aromatic rings. The maximum atomic E-state index is 11.3. The van der Waals surface area contributed by atoms with Gasteiger partial charge in [0.2, 0.25) is 0 Å². The molecule has 38 heavy (non-hydrogen) atoms. The Balaban J connectivity index is 1.24. The van der Waals surface area contributed by atoms with E-state index in [1.165, 1.54) is 51.2 Å². The Kier molecular flexibility index (Phi) is 8.13.